The van der Waals surface area contributed by atoms with Crippen LogP contribution in [0.25, 0.3) is 5.57 Å². The third-order valence-corrected chi connectivity index (χ3v) is 5.24. The van der Waals surface area contributed by atoms with Crippen molar-refractivity contribution in [2.75, 3.05) is 7.11 Å². The van der Waals surface area contributed by atoms with Crippen LogP contribution in [-0.2, 0) is 14.3 Å². The van der Waals surface area contributed by atoms with Crippen LogP contribution in [-0.4, -0.2) is 28.7 Å². The molecule has 6 nitrogen and oxygen atoms in total. The predicted octanol–water partition coefficient (Wildman–Crippen LogP) is 1.39. The average Bonchev–Trinajstić information content (AvgIpc) is 3.01. The van der Waals surface area contributed by atoms with Gasteiger partial charge in [-0.05, 0) is 38.2 Å². The standard InChI is InChI=1S/C16H14N2O4S2/c1-7-4-5-10-9(6-7)11(13(19)17-10)12-14(20)18(16(23)24-12)8(2)15(21)22-3/h4-6,8,20H,1-3H3/t8-/m0/s1. The van der Waals surface area contributed by atoms with Gasteiger partial charge in [-0.1, -0.05) is 11.6 Å². The molecule has 124 valence electrons. The predicted molar refractivity (Wildman–Crippen MR) is 91.0 cm³/mol. The SMILES string of the molecule is COC(=O)[C@H](C)n1c(O)c(C2=c3cc(C)ccc3=NC2=O)sc1=S. The number of carbonyl (C=O) groups excluding carboxylic acids is 2. The zero-order valence-electron chi connectivity index (χ0n) is 13.2. The molecule has 3 rings (SSSR count). The number of aryl methyl sites for hydroxylation is 1. The lowest BCUT2D eigenvalue weighted by Crippen LogP contribution is -2.23. The number of benzene rings is 1. The first-order valence-corrected chi connectivity index (χ1v) is 8.34. The first-order chi connectivity index (χ1) is 11.3. The Hall–Kier alpha value is -2.32. The average molecular weight is 362 g/mol. The van der Waals surface area contributed by atoms with Crippen molar-refractivity contribution in [3.05, 3.63) is 43.2 Å². The second-order valence-corrected chi connectivity index (χ2v) is 7.05. The third-order valence-electron chi connectivity index (χ3n) is 3.83. The summed E-state index contributed by atoms with van der Waals surface area (Å²) in [5, 5.41) is 11.8. The van der Waals surface area contributed by atoms with E-state index in [1.807, 2.05) is 19.1 Å². The molecule has 0 fully saturated rings. The van der Waals surface area contributed by atoms with Gasteiger partial charge in [0.1, 0.15) is 10.9 Å². The van der Waals surface area contributed by atoms with E-state index < -0.39 is 17.9 Å². The van der Waals surface area contributed by atoms with Gasteiger partial charge in [0.25, 0.3) is 5.91 Å². The normalized spacial score (nSPS) is 14.3. The molecule has 1 aliphatic heterocycles. The van der Waals surface area contributed by atoms with Crippen LogP contribution in [0.3, 0.4) is 0 Å². The summed E-state index contributed by atoms with van der Waals surface area (Å²) in [7, 11) is 1.26. The molecule has 0 saturated heterocycles. The van der Waals surface area contributed by atoms with Gasteiger partial charge in [0.15, 0.2) is 3.95 Å². The number of thiazole rings is 1. The first kappa shape index (κ1) is 16.5. The Kier molecular flexibility index (Phi) is 4.10. The van der Waals surface area contributed by atoms with Crippen LogP contribution in [0.2, 0.25) is 0 Å². The molecule has 0 unspecified atom stereocenters. The van der Waals surface area contributed by atoms with Crippen LogP contribution < -0.4 is 10.6 Å². The van der Waals surface area contributed by atoms with Crippen molar-refractivity contribution in [3.63, 3.8) is 0 Å². The summed E-state index contributed by atoms with van der Waals surface area (Å²) in [4.78, 5) is 28.4. The zero-order valence-corrected chi connectivity index (χ0v) is 14.8. The number of hydrogen-bond donors (Lipinski definition) is 1. The van der Waals surface area contributed by atoms with Gasteiger partial charge < -0.3 is 9.84 Å². The molecule has 8 heteroatoms. The Morgan fingerprint density at radius 1 is 1.46 bits per heavy atom. The highest BCUT2D eigenvalue weighted by molar-refractivity contribution is 7.73. The fourth-order valence-corrected chi connectivity index (χ4v) is 4.11. The Bertz CT molecular complexity index is 1050. The molecule has 1 aromatic heterocycles. The fraction of sp³-hybridized carbons (Fsp3) is 0.250. The largest absolute Gasteiger partial charge is 0.493 e. The van der Waals surface area contributed by atoms with Gasteiger partial charge in [-0.15, -0.1) is 11.3 Å². The number of aromatic nitrogens is 1. The number of fused-ring (bicyclic) bond motifs is 1. The van der Waals surface area contributed by atoms with E-state index in [1.165, 1.54) is 11.7 Å². The van der Waals surface area contributed by atoms with Crippen LogP contribution in [0.5, 0.6) is 5.88 Å². The van der Waals surface area contributed by atoms with Crippen molar-refractivity contribution >= 4 is 41.0 Å². The van der Waals surface area contributed by atoms with Crippen LogP contribution in [0.1, 0.15) is 23.4 Å². The summed E-state index contributed by atoms with van der Waals surface area (Å²) in [5.41, 5.74) is 1.28. The molecule has 24 heavy (non-hydrogen) atoms. The number of nitrogens with zero attached hydrogens (tertiary/aromatic N) is 2. The summed E-state index contributed by atoms with van der Waals surface area (Å²) in [6.07, 6.45) is 0. The topological polar surface area (TPSA) is 80.9 Å². The molecule has 0 bridgehead atoms. The molecular weight excluding hydrogens is 348 g/mol. The number of esters is 1. The summed E-state index contributed by atoms with van der Waals surface area (Å²) in [6, 6.07) is 4.68. The third kappa shape index (κ3) is 2.47. The maximum atomic E-state index is 12.3. The van der Waals surface area contributed by atoms with Crippen LogP contribution in [0.4, 0.5) is 0 Å². The maximum Gasteiger partial charge on any atom is 0.328 e. The van der Waals surface area contributed by atoms with Crippen molar-refractivity contribution in [1.82, 2.24) is 4.57 Å². The van der Waals surface area contributed by atoms with Crippen LogP contribution in [0, 0.1) is 10.9 Å². The Morgan fingerprint density at radius 3 is 2.83 bits per heavy atom. The van der Waals surface area contributed by atoms with Gasteiger partial charge in [0.2, 0.25) is 5.88 Å². The van der Waals surface area contributed by atoms with E-state index in [9.17, 15) is 14.7 Å². The molecule has 1 amide bonds. The molecule has 2 aromatic rings. The molecule has 1 atom stereocenters. The van der Waals surface area contributed by atoms with E-state index in [0.29, 0.717) is 21.0 Å². The fourth-order valence-electron chi connectivity index (χ4n) is 2.61. The Balaban J connectivity index is 2.28. The molecule has 1 aromatic carbocycles. The highest BCUT2D eigenvalue weighted by Gasteiger charge is 2.28. The zero-order chi connectivity index (χ0) is 17.6. The minimum atomic E-state index is -0.793. The Morgan fingerprint density at radius 2 is 2.17 bits per heavy atom. The lowest BCUT2D eigenvalue weighted by atomic mass is 10.1. The quantitative estimate of drug-likeness (QED) is 0.659. The number of methoxy groups -OCH3 is 1. The smallest absolute Gasteiger partial charge is 0.328 e. The number of amides is 1. The number of aromatic hydroxyl groups is 1. The van der Waals surface area contributed by atoms with Crippen molar-refractivity contribution in [2.45, 2.75) is 19.9 Å². The summed E-state index contributed by atoms with van der Waals surface area (Å²) < 4.78 is 6.27. The molecule has 2 heterocycles. The molecule has 1 N–H and O–H groups in total. The number of hydrogen-bond acceptors (Lipinski definition) is 6. The van der Waals surface area contributed by atoms with Crippen molar-refractivity contribution in [3.8, 4) is 5.88 Å². The van der Waals surface area contributed by atoms with Gasteiger partial charge in [0, 0.05) is 5.22 Å². The minimum Gasteiger partial charge on any atom is -0.493 e. The highest BCUT2D eigenvalue weighted by Crippen LogP contribution is 2.35. The van der Waals surface area contributed by atoms with E-state index in [-0.39, 0.29) is 9.83 Å². The minimum absolute atomic E-state index is 0.226. The van der Waals surface area contributed by atoms with E-state index in [1.54, 1.807) is 13.0 Å². The van der Waals surface area contributed by atoms with Gasteiger partial charge in [-0.25, -0.2) is 9.79 Å². The van der Waals surface area contributed by atoms with Gasteiger partial charge in [0.05, 0.1) is 18.0 Å². The molecule has 0 aliphatic carbocycles. The molecule has 0 radical (unpaired) electrons. The second-order valence-electron chi connectivity index (χ2n) is 5.40. The van der Waals surface area contributed by atoms with E-state index in [4.69, 9.17) is 17.0 Å². The van der Waals surface area contributed by atoms with Gasteiger partial charge >= 0.3 is 5.97 Å². The number of carbonyl (C=O) groups is 2. The molecule has 0 spiro atoms. The van der Waals surface area contributed by atoms with E-state index >= 15 is 0 Å². The monoisotopic (exact) mass is 362 g/mol. The molecule has 0 saturated carbocycles. The van der Waals surface area contributed by atoms with Crippen molar-refractivity contribution < 1.29 is 19.4 Å². The van der Waals surface area contributed by atoms with Crippen molar-refractivity contribution in [1.29, 1.82) is 0 Å². The van der Waals surface area contributed by atoms with Crippen LogP contribution in [0.15, 0.2) is 23.2 Å². The van der Waals surface area contributed by atoms with Crippen LogP contribution >= 0.6 is 23.6 Å². The number of ether oxygens (including phenoxy) is 1. The molecular formula is C16H14N2O4S2. The molecule has 1 aliphatic rings. The lowest BCUT2D eigenvalue weighted by Gasteiger charge is -2.12. The number of rotatable bonds is 3. The first-order valence-electron chi connectivity index (χ1n) is 7.11. The van der Waals surface area contributed by atoms with E-state index in [2.05, 4.69) is 4.99 Å². The summed E-state index contributed by atoms with van der Waals surface area (Å²) >= 11 is 6.33. The highest BCUT2D eigenvalue weighted by atomic mass is 32.1. The summed E-state index contributed by atoms with van der Waals surface area (Å²) in [5.74, 6) is -1.19. The summed E-state index contributed by atoms with van der Waals surface area (Å²) in [6.45, 7) is 3.48. The Labute approximate surface area is 146 Å². The second kappa shape index (κ2) is 5.95. The van der Waals surface area contributed by atoms with Gasteiger partial charge in [-0.2, -0.15) is 0 Å². The maximum absolute atomic E-state index is 12.3. The van der Waals surface area contributed by atoms with Gasteiger partial charge in [-0.3, -0.25) is 9.36 Å². The lowest BCUT2D eigenvalue weighted by molar-refractivity contribution is -0.144. The van der Waals surface area contributed by atoms with E-state index in [0.717, 1.165) is 16.9 Å². The van der Waals surface area contributed by atoms with Crippen molar-refractivity contribution in [2.24, 2.45) is 4.99 Å².